The molecular formula is C11H21N3O. The van der Waals surface area contributed by atoms with Crippen molar-refractivity contribution in [1.29, 1.82) is 0 Å². The second kappa shape index (κ2) is 6.58. The van der Waals surface area contributed by atoms with Gasteiger partial charge in [-0.1, -0.05) is 6.92 Å². The van der Waals surface area contributed by atoms with Crippen molar-refractivity contribution in [1.82, 2.24) is 14.9 Å². The van der Waals surface area contributed by atoms with E-state index in [4.69, 9.17) is 4.74 Å². The van der Waals surface area contributed by atoms with E-state index in [-0.39, 0.29) is 0 Å². The van der Waals surface area contributed by atoms with Gasteiger partial charge < -0.3 is 14.6 Å². The van der Waals surface area contributed by atoms with Gasteiger partial charge in [0.1, 0.15) is 5.82 Å². The van der Waals surface area contributed by atoms with Crippen LogP contribution >= 0.6 is 0 Å². The maximum Gasteiger partial charge on any atom is 0.105 e. The molecule has 1 rings (SSSR count). The monoisotopic (exact) mass is 211 g/mol. The van der Waals surface area contributed by atoms with Crippen LogP contribution < -0.4 is 5.32 Å². The number of nitrogens with zero attached hydrogens (tertiary/aromatic N) is 2. The quantitative estimate of drug-likeness (QED) is 0.692. The number of aromatic nitrogens is 2. The number of imidazole rings is 1. The first kappa shape index (κ1) is 12.2. The molecule has 0 spiro atoms. The van der Waals surface area contributed by atoms with Crippen molar-refractivity contribution in [2.24, 2.45) is 0 Å². The Kier molecular flexibility index (Phi) is 5.36. The predicted octanol–water partition coefficient (Wildman–Crippen LogP) is 1.34. The largest absolute Gasteiger partial charge is 0.383 e. The first-order chi connectivity index (χ1) is 7.29. The van der Waals surface area contributed by atoms with Crippen molar-refractivity contribution in [3.8, 4) is 0 Å². The van der Waals surface area contributed by atoms with Gasteiger partial charge in [0.2, 0.25) is 0 Å². The van der Waals surface area contributed by atoms with Crippen LogP contribution in [-0.2, 0) is 17.8 Å². The van der Waals surface area contributed by atoms with Crippen molar-refractivity contribution in [3.05, 3.63) is 17.7 Å². The Morgan fingerprint density at radius 1 is 1.53 bits per heavy atom. The zero-order valence-corrected chi connectivity index (χ0v) is 9.92. The molecule has 0 unspecified atom stereocenters. The van der Waals surface area contributed by atoms with Crippen LogP contribution in [0.3, 0.4) is 0 Å². The highest BCUT2D eigenvalue weighted by molar-refractivity contribution is 5.04. The summed E-state index contributed by atoms with van der Waals surface area (Å²) in [5, 5.41) is 3.38. The Hall–Kier alpha value is -0.870. The maximum absolute atomic E-state index is 5.08. The van der Waals surface area contributed by atoms with E-state index in [9.17, 15) is 0 Å². The van der Waals surface area contributed by atoms with Crippen molar-refractivity contribution >= 4 is 0 Å². The molecule has 4 heteroatoms. The van der Waals surface area contributed by atoms with E-state index >= 15 is 0 Å². The van der Waals surface area contributed by atoms with Gasteiger partial charge in [0.25, 0.3) is 0 Å². The van der Waals surface area contributed by atoms with Crippen LogP contribution in [0.1, 0.15) is 24.9 Å². The predicted molar refractivity (Wildman–Crippen MR) is 60.8 cm³/mol. The standard InChI is InChI=1S/C11H21N3O/c1-4-5-12-8-11-9-13-10(2)14(11)6-7-15-3/h9,12H,4-8H2,1-3H3. The summed E-state index contributed by atoms with van der Waals surface area (Å²) in [4.78, 5) is 4.32. The molecule has 0 saturated carbocycles. The van der Waals surface area contributed by atoms with Gasteiger partial charge >= 0.3 is 0 Å². The van der Waals surface area contributed by atoms with Gasteiger partial charge in [-0.15, -0.1) is 0 Å². The van der Waals surface area contributed by atoms with Crippen molar-refractivity contribution in [2.75, 3.05) is 20.3 Å². The Labute approximate surface area is 91.7 Å². The number of methoxy groups -OCH3 is 1. The average Bonchev–Trinajstić information content (AvgIpc) is 2.58. The van der Waals surface area contributed by atoms with Crippen LogP contribution in [-0.4, -0.2) is 29.8 Å². The third kappa shape index (κ3) is 3.64. The van der Waals surface area contributed by atoms with Gasteiger partial charge in [-0.25, -0.2) is 4.98 Å². The maximum atomic E-state index is 5.08. The SMILES string of the molecule is CCCNCc1cnc(C)n1CCOC. The Bertz CT molecular complexity index is 283. The summed E-state index contributed by atoms with van der Waals surface area (Å²) < 4.78 is 7.28. The molecular weight excluding hydrogens is 190 g/mol. The van der Waals surface area contributed by atoms with E-state index in [1.165, 1.54) is 5.69 Å². The molecule has 0 radical (unpaired) electrons. The Balaban J connectivity index is 2.53. The lowest BCUT2D eigenvalue weighted by Crippen LogP contribution is -2.18. The first-order valence-corrected chi connectivity index (χ1v) is 5.50. The van der Waals surface area contributed by atoms with Crippen LogP contribution in [0.25, 0.3) is 0 Å². The van der Waals surface area contributed by atoms with Crippen molar-refractivity contribution in [2.45, 2.75) is 33.4 Å². The Morgan fingerprint density at radius 3 is 3.00 bits per heavy atom. The van der Waals surface area contributed by atoms with Gasteiger partial charge in [-0.05, 0) is 19.9 Å². The van der Waals surface area contributed by atoms with Gasteiger partial charge in [0.15, 0.2) is 0 Å². The second-order valence-corrected chi connectivity index (χ2v) is 3.62. The molecule has 0 atom stereocenters. The lowest BCUT2D eigenvalue weighted by molar-refractivity contribution is 0.185. The highest BCUT2D eigenvalue weighted by Gasteiger charge is 2.05. The molecule has 0 aliphatic carbocycles. The molecule has 86 valence electrons. The number of aryl methyl sites for hydroxylation is 1. The topological polar surface area (TPSA) is 39.1 Å². The molecule has 4 nitrogen and oxygen atoms in total. The fourth-order valence-corrected chi connectivity index (χ4v) is 1.54. The molecule has 1 aromatic rings. The molecule has 0 amide bonds. The van der Waals surface area contributed by atoms with Gasteiger partial charge in [0.05, 0.1) is 12.3 Å². The normalized spacial score (nSPS) is 10.9. The molecule has 15 heavy (non-hydrogen) atoms. The zero-order chi connectivity index (χ0) is 11.1. The smallest absolute Gasteiger partial charge is 0.105 e. The minimum atomic E-state index is 0.734. The van der Waals surface area contributed by atoms with Crippen LogP contribution in [0, 0.1) is 6.92 Å². The van der Waals surface area contributed by atoms with E-state index in [0.717, 1.165) is 38.5 Å². The molecule has 0 bridgehead atoms. The number of nitrogens with one attached hydrogen (secondary N) is 1. The summed E-state index contributed by atoms with van der Waals surface area (Å²) in [5.41, 5.74) is 1.23. The lowest BCUT2D eigenvalue weighted by atomic mass is 10.4. The van der Waals surface area contributed by atoms with E-state index in [0.29, 0.717) is 0 Å². The summed E-state index contributed by atoms with van der Waals surface area (Å²) >= 11 is 0. The van der Waals surface area contributed by atoms with Crippen molar-refractivity contribution < 1.29 is 4.74 Å². The fraction of sp³-hybridized carbons (Fsp3) is 0.727. The third-order valence-electron chi connectivity index (χ3n) is 2.39. The minimum Gasteiger partial charge on any atom is -0.383 e. The summed E-state index contributed by atoms with van der Waals surface area (Å²) in [5.74, 6) is 1.06. The van der Waals surface area contributed by atoms with E-state index in [1.807, 2.05) is 13.1 Å². The van der Waals surface area contributed by atoms with Gasteiger partial charge in [-0.2, -0.15) is 0 Å². The zero-order valence-electron chi connectivity index (χ0n) is 9.92. The number of ether oxygens (including phenoxy) is 1. The molecule has 0 saturated heterocycles. The highest BCUT2D eigenvalue weighted by Crippen LogP contribution is 2.04. The van der Waals surface area contributed by atoms with Crippen molar-refractivity contribution in [3.63, 3.8) is 0 Å². The van der Waals surface area contributed by atoms with Crippen LogP contribution in [0.4, 0.5) is 0 Å². The molecule has 1 aromatic heterocycles. The summed E-state index contributed by atoms with van der Waals surface area (Å²) in [6.45, 7) is 7.75. The van der Waals surface area contributed by atoms with Crippen LogP contribution in [0.15, 0.2) is 6.20 Å². The summed E-state index contributed by atoms with van der Waals surface area (Å²) in [6, 6.07) is 0. The van der Waals surface area contributed by atoms with Crippen LogP contribution in [0.2, 0.25) is 0 Å². The number of rotatable bonds is 7. The highest BCUT2D eigenvalue weighted by atomic mass is 16.5. The third-order valence-corrected chi connectivity index (χ3v) is 2.39. The van der Waals surface area contributed by atoms with Gasteiger partial charge in [-0.3, -0.25) is 0 Å². The molecule has 0 fully saturated rings. The molecule has 1 N–H and O–H groups in total. The van der Waals surface area contributed by atoms with Gasteiger partial charge in [0, 0.05) is 26.4 Å². The summed E-state index contributed by atoms with van der Waals surface area (Å²) in [7, 11) is 1.72. The lowest BCUT2D eigenvalue weighted by Gasteiger charge is -2.10. The van der Waals surface area contributed by atoms with Crippen LogP contribution in [0.5, 0.6) is 0 Å². The fourth-order valence-electron chi connectivity index (χ4n) is 1.54. The first-order valence-electron chi connectivity index (χ1n) is 5.50. The molecule has 0 aromatic carbocycles. The summed E-state index contributed by atoms with van der Waals surface area (Å²) in [6.07, 6.45) is 3.10. The van der Waals surface area contributed by atoms with E-state index in [1.54, 1.807) is 7.11 Å². The minimum absolute atomic E-state index is 0.734. The molecule has 0 aliphatic heterocycles. The molecule has 1 heterocycles. The Morgan fingerprint density at radius 2 is 2.33 bits per heavy atom. The van der Waals surface area contributed by atoms with E-state index in [2.05, 4.69) is 21.8 Å². The average molecular weight is 211 g/mol. The van der Waals surface area contributed by atoms with E-state index < -0.39 is 0 Å². The molecule has 0 aliphatic rings. The second-order valence-electron chi connectivity index (χ2n) is 3.62. The number of hydrogen-bond acceptors (Lipinski definition) is 3. The number of hydrogen-bond donors (Lipinski definition) is 1.